The smallest absolute Gasteiger partial charge is 0.336 e. The Labute approximate surface area is 159 Å². The van der Waals surface area contributed by atoms with E-state index < -0.39 is 5.63 Å². The molecule has 3 nitrogen and oxygen atoms in total. The lowest BCUT2D eigenvalue weighted by molar-refractivity contribution is 0.307. The number of halogens is 3. The van der Waals surface area contributed by atoms with Crippen LogP contribution in [-0.4, -0.2) is 0 Å². The molecule has 0 fully saturated rings. The summed E-state index contributed by atoms with van der Waals surface area (Å²) >= 11 is 18.1. The molecule has 0 amide bonds. The molecule has 0 spiro atoms. The van der Waals surface area contributed by atoms with E-state index >= 15 is 0 Å². The molecule has 0 bridgehead atoms. The first-order valence-corrected chi connectivity index (χ1v) is 9.00. The highest BCUT2D eigenvalue weighted by atomic mass is 35.5. The van der Waals surface area contributed by atoms with Gasteiger partial charge in [0.1, 0.15) is 17.9 Å². The van der Waals surface area contributed by atoms with Gasteiger partial charge in [0, 0.05) is 23.1 Å². The van der Waals surface area contributed by atoms with Gasteiger partial charge in [0.15, 0.2) is 0 Å². The second-order valence-electron chi connectivity index (χ2n) is 6.05. The van der Waals surface area contributed by atoms with Crippen LogP contribution < -0.4 is 10.4 Å². The van der Waals surface area contributed by atoms with Gasteiger partial charge >= 0.3 is 5.63 Å². The van der Waals surface area contributed by atoms with Crippen molar-refractivity contribution in [3.05, 3.63) is 72.5 Å². The topological polar surface area (TPSA) is 39.4 Å². The van der Waals surface area contributed by atoms with E-state index in [-0.39, 0.29) is 6.61 Å². The largest absolute Gasteiger partial charge is 0.487 e. The zero-order chi connectivity index (χ0) is 17.6. The van der Waals surface area contributed by atoms with Crippen molar-refractivity contribution in [3.63, 3.8) is 0 Å². The standard InChI is InChI=1S/C19H13Cl3O3/c20-14-7-16(22)18(8-15(14)21)24-9-12-6-19(23)25-17-5-11-3-1-2-10(11)4-13(12)17/h4-8H,1-3,9H2. The van der Waals surface area contributed by atoms with Crippen molar-refractivity contribution in [1.82, 2.24) is 0 Å². The fourth-order valence-electron chi connectivity index (χ4n) is 3.18. The lowest BCUT2D eigenvalue weighted by atomic mass is 10.0. The van der Waals surface area contributed by atoms with E-state index in [9.17, 15) is 4.79 Å². The maximum absolute atomic E-state index is 11.9. The van der Waals surface area contributed by atoms with E-state index in [1.54, 1.807) is 6.07 Å². The van der Waals surface area contributed by atoms with Crippen LogP contribution in [0.5, 0.6) is 5.75 Å². The number of hydrogen-bond acceptors (Lipinski definition) is 3. The average Bonchev–Trinajstić information content (AvgIpc) is 3.02. The summed E-state index contributed by atoms with van der Waals surface area (Å²) < 4.78 is 11.1. The van der Waals surface area contributed by atoms with E-state index in [4.69, 9.17) is 44.0 Å². The minimum atomic E-state index is -0.399. The van der Waals surface area contributed by atoms with Gasteiger partial charge in [0.05, 0.1) is 15.1 Å². The summed E-state index contributed by atoms with van der Waals surface area (Å²) in [6.07, 6.45) is 3.19. The van der Waals surface area contributed by atoms with E-state index in [0.29, 0.717) is 26.4 Å². The maximum atomic E-state index is 11.9. The average molecular weight is 396 g/mol. The summed E-state index contributed by atoms with van der Waals surface area (Å²) in [5, 5.41) is 1.97. The zero-order valence-corrected chi connectivity index (χ0v) is 15.3. The highest BCUT2D eigenvalue weighted by molar-refractivity contribution is 6.43. The number of hydrogen-bond donors (Lipinski definition) is 0. The van der Waals surface area contributed by atoms with Gasteiger partial charge in [-0.2, -0.15) is 0 Å². The van der Waals surface area contributed by atoms with Crippen molar-refractivity contribution in [2.24, 2.45) is 0 Å². The summed E-state index contributed by atoms with van der Waals surface area (Å²) in [5.41, 5.74) is 3.50. The Balaban J connectivity index is 1.72. The molecule has 0 atom stereocenters. The van der Waals surface area contributed by atoms with Gasteiger partial charge in [-0.3, -0.25) is 0 Å². The number of fused-ring (bicyclic) bond motifs is 2. The van der Waals surface area contributed by atoms with E-state index in [0.717, 1.165) is 30.2 Å². The lowest BCUT2D eigenvalue weighted by Crippen LogP contribution is -2.05. The van der Waals surface area contributed by atoms with Crippen molar-refractivity contribution in [1.29, 1.82) is 0 Å². The Morgan fingerprint density at radius 2 is 1.64 bits per heavy atom. The minimum absolute atomic E-state index is 0.179. The molecular weight excluding hydrogens is 383 g/mol. The Morgan fingerprint density at radius 1 is 0.920 bits per heavy atom. The van der Waals surface area contributed by atoms with E-state index in [1.807, 2.05) is 6.07 Å². The molecule has 3 aromatic rings. The highest BCUT2D eigenvalue weighted by Gasteiger charge is 2.16. The predicted molar refractivity (Wildman–Crippen MR) is 100 cm³/mol. The molecule has 0 aliphatic heterocycles. The molecule has 1 aliphatic carbocycles. The third kappa shape index (κ3) is 3.24. The Bertz CT molecular complexity index is 1040. The van der Waals surface area contributed by atoms with Gasteiger partial charge in [0.25, 0.3) is 0 Å². The molecule has 128 valence electrons. The van der Waals surface area contributed by atoms with Crippen LogP contribution in [0, 0.1) is 0 Å². The monoisotopic (exact) mass is 394 g/mol. The van der Waals surface area contributed by atoms with Crippen molar-refractivity contribution < 1.29 is 9.15 Å². The van der Waals surface area contributed by atoms with Gasteiger partial charge in [0.2, 0.25) is 0 Å². The lowest BCUT2D eigenvalue weighted by Gasteiger charge is -2.11. The third-order valence-corrected chi connectivity index (χ3v) is 5.42. The molecule has 2 aromatic carbocycles. The summed E-state index contributed by atoms with van der Waals surface area (Å²) in [4.78, 5) is 11.9. The van der Waals surface area contributed by atoms with Crippen LogP contribution >= 0.6 is 34.8 Å². The van der Waals surface area contributed by atoms with Crippen LogP contribution in [0.15, 0.2) is 39.5 Å². The van der Waals surface area contributed by atoms with Crippen molar-refractivity contribution in [3.8, 4) is 5.75 Å². The SMILES string of the molecule is O=c1cc(COc2cc(Cl)c(Cl)cc2Cl)c2cc3c(cc2o1)CCC3. The Kier molecular flexibility index (Phi) is 4.40. The molecule has 0 saturated heterocycles. The van der Waals surface area contributed by atoms with Crippen LogP contribution in [0.25, 0.3) is 11.0 Å². The van der Waals surface area contributed by atoms with Crippen LogP contribution in [0.1, 0.15) is 23.1 Å². The summed E-state index contributed by atoms with van der Waals surface area (Å²) in [6.45, 7) is 0.179. The normalized spacial score (nSPS) is 13.2. The number of aryl methyl sites for hydroxylation is 2. The first kappa shape index (κ1) is 16.8. The van der Waals surface area contributed by atoms with Crippen molar-refractivity contribution >= 4 is 45.8 Å². The molecule has 0 N–H and O–H groups in total. The molecule has 1 heterocycles. The van der Waals surface area contributed by atoms with E-state index in [2.05, 4.69) is 6.07 Å². The highest BCUT2D eigenvalue weighted by Crippen LogP contribution is 2.35. The number of rotatable bonds is 3. The first-order valence-electron chi connectivity index (χ1n) is 7.87. The van der Waals surface area contributed by atoms with Crippen LogP contribution in [-0.2, 0) is 19.4 Å². The predicted octanol–water partition coefficient (Wildman–Crippen LogP) is 5.82. The van der Waals surface area contributed by atoms with Crippen LogP contribution in [0.3, 0.4) is 0 Å². The molecule has 1 aromatic heterocycles. The second-order valence-corrected chi connectivity index (χ2v) is 7.27. The number of benzene rings is 2. The minimum Gasteiger partial charge on any atom is -0.487 e. The van der Waals surface area contributed by atoms with Gasteiger partial charge in [-0.1, -0.05) is 34.8 Å². The Morgan fingerprint density at radius 3 is 2.44 bits per heavy atom. The van der Waals surface area contributed by atoms with Gasteiger partial charge in [-0.15, -0.1) is 0 Å². The molecule has 1 aliphatic rings. The summed E-state index contributed by atoms with van der Waals surface area (Å²) in [7, 11) is 0. The van der Waals surface area contributed by atoms with Crippen molar-refractivity contribution in [2.45, 2.75) is 25.9 Å². The molecule has 4 rings (SSSR count). The van der Waals surface area contributed by atoms with Crippen LogP contribution in [0.2, 0.25) is 15.1 Å². The molecule has 0 unspecified atom stereocenters. The fraction of sp³-hybridized carbons (Fsp3) is 0.211. The molecule has 25 heavy (non-hydrogen) atoms. The van der Waals surface area contributed by atoms with Gasteiger partial charge in [-0.05, 0) is 48.6 Å². The third-order valence-electron chi connectivity index (χ3n) is 4.40. The fourth-order valence-corrected chi connectivity index (χ4v) is 3.78. The van der Waals surface area contributed by atoms with Crippen molar-refractivity contribution in [2.75, 3.05) is 0 Å². The van der Waals surface area contributed by atoms with Crippen LogP contribution in [0.4, 0.5) is 0 Å². The number of ether oxygens (including phenoxy) is 1. The molecule has 0 radical (unpaired) electrons. The molecule has 6 heteroatoms. The second kappa shape index (κ2) is 6.56. The Hall–Kier alpha value is -1.68. The first-order chi connectivity index (χ1) is 12.0. The quantitative estimate of drug-likeness (QED) is 0.414. The van der Waals surface area contributed by atoms with Gasteiger partial charge in [-0.25, -0.2) is 4.79 Å². The van der Waals surface area contributed by atoms with E-state index in [1.165, 1.54) is 23.3 Å². The molecular formula is C19H13Cl3O3. The summed E-state index contributed by atoms with van der Waals surface area (Å²) in [5.74, 6) is 0.415. The molecule has 0 saturated carbocycles. The maximum Gasteiger partial charge on any atom is 0.336 e. The summed E-state index contributed by atoms with van der Waals surface area (Å²) in [6, 6.07) is 8.61. The van der Waals surface area contributed by atoms with Gasteiger partial charge < -0.3 is 9.15 Å². The zero-order valence-electron chi connectivity index (χ0n) is 13.1.